The van der Waals surface area contributed by atoms with E-state index < -0.39 is 10.0 Å². The minimum absolute atomic E-state index is 0.0374. The number of likely N-dealkylation sites (N-methyl/N-ethyl adjacent to an activating group) is 2. The molecule has 0 atom stereocenters. The van der Waals surface area contributed by atoms with Gasteiger partial charge in [-0.3, -0.25) is 0 Å². The molecule has 1 saturated carbocycles. The summed E-state index contributed by atoms with van der Waals surface area (Å²) in [6.07, 6.45) is 5.64. The van der Waals surface area contributed by atoms with E-state index in [1.54, 1.807) is 7.05 Å². The molecular formula is C12H19ClN4O2S. The predicted molar refractivity (Wildman–Crippen MR) is 77.1 cm³/mol. The summed E-state index contributed by atoms with van der Waals surface area (Å²) in [4.78, 5) is 9.64. The van der Waals surface area contributed by atoms with Gasteiger partial charge in [-0.2, -0.15) is 4.31 Å². The van der Waals surface area contributed by atoms with Crippen LogP contribution in [0.5, 0.6) is 0 Å². The van der Waals surface area contributed by atoms with Crippen molar-refractivity contribution < 1.29 is 8.42 Å². The van der Waals surface area contributed by atoms with E-state index in [1.165, 1.54) is 16.7 Å². The van der Waals surface area contributed by atoms with Gasteiger partial charge in [0.05, 0.1) is 12.4 Å². The van der Waals surface area contributed by atoms with Crippen molar-refractivity contribution in [1.29, 1.82) is 0 Å². The minimum atomic E-state index is -3.58. The average molecular weight is 319 g/mol. The summed E-state index contributed by atoms with van der Waals surface area (Å²) in [5.41, 5.74) is -0.0604. The number of hydrogen-bond donors (Lipinski definition) is 0. The summed E-state index contributed by atoms with van der Waals surface area (Å²) in [7, 11) is 2.00. The van der Waals surface area contributed by atoms with Gasteiger partial charge >= 0.3 is 0 Å². The van der Waals surface area contributed by atoms with Crippen LogP contribution in [0.15, 0.2) is 17.3 Å². The topological polar surface area (TPSA) is 66.4 Å². The minimum Gasteiger partial charge on any atom is -0.302 e. The van der Waals surface area contributed by atoms with Gasteiger partial charge in [-0.1, -0.05) is 0 Å². The summed E-state index contributed by atoms with van der Waals surface area (Å²) >= 11 is 5.58. The second-order valence-corrected chi connectivity index (χ2v) is 7.80. The lowest BCUT2D eigenvalue weighted by Gasteiger charge is -2.48. The normalized spacial score (nSPS) is 18.3. The van der Waals surface area contributed by atoms with Crippen LogP contribution < -0.4 is 0 Å². The van der Waals surface area contributed by atoms with Gasteiger partial charge in [0.2, 0.25) is 15.3 Å². The highest BCUT2D eigenvalue weighted by Gasteiger charge is 2.42. The van der Waals surface area contributed by atoms with Crippen molar-refractivity contribution in [2.75, 3.05) is 27.7 Å². The Morgan fingerprint density at radius 3 is 2.20 bits per heavy atom. The summed E-state index contributed by atoms with van der Waals surface area (Å²) < 4.78 is 26.3. The van der Waals surface area contributed by atoms with Crippen LogP contribution in [-0.2, 0) is 10.0 Å². The first-order valence-corrected chi connectivity index (χ1v) is 8.21. The fourth-order valence-electron chi connectivity index (χ4n) is 2.44. The van der Waals surface area contributed by atoms with E-state index in [0.717, 1.165) is 19.3 Å². The first-order valence-electron chi connectivity index (χ1n) is 6.39. The summed E-state index contributed by atoms with van der Waals surface area (Å²) in [5.74, 6) is 0. The number of nitrogens with zero attached hydrogens (tertiary/aromatic N) is 4. The molecule has 1 aromatic heterocycles. The van der Waals surface area contributed by atoms with E-state index in [2.05, 4.69) is 14.9 Å². The van der Waals surface area contributed by atoms with Gasteiger partial charge in [-0.05, 0) is 45.0 Å². The van der Waals surface area contributed by atoms with Crippen LogP contribution in [0.2, 0.25) is 5.28 Å². The van der Waals surface area contributed by atoms with Crippen molar-refractivity contribution in [3.05, 3.63) is 17.7 Å². The Labute approximate surface area is 124 Å². The fourth-order valence-corrected chi connectivity index (χ4v) is 3.68. The highest BCUT2D eigenvalue weighted by Crippen LogP contribution is 2.37. The molecule has 112 valence electrons. The van der Waals surface area contributed by atoms with Crippen molar-refractivity contribution in [1.82, 2.24) is 19.2 Å². The highest BCUT2D eigenvalue weighted by molar-refractivity contribution is 7.89. The SMILES string of the molecule is CN(C)C1(CN(C)S(=O)(=O)c2cnc(Cl)nc2)CCC1. The average Bonchev–Trinajstić information content (AvgIpc) is 2.33. The zero-order valence-corrected chi connectivity index (χ0v) is 13.4. The van der Waals surface area contributed by atoms with E-state index in [1.807, 2.05) is 14.1 Å². The van der Waals surface area contributed by atoms with Crippen LogP contribution in [0, 0.1) is 0 Å². The third-order valence-electron chi connectivity index (χ3n) is 4.05. The molecular weight excluding hydrogens is 300 g/mol. The van der Waals surface area contributed by atoms with E-state index >= 15 is 0 Å². The van der Waals surface area contributed by atoms with Crippen molar-refractivity contribution in [2.45, 2.75) is 29.7 Å². The zero-order chi connectivity index (χ0) is 15.0. The van der Waals surface area contributed by atoms with Gasteiger partial charge in [0.25, 0.3) is 0 Å². The van der Waals surface area contributed by atoms with E-state index in [0.29, 0.717) is 6.54 Å². The molecule has 0 N–H and O–H groups in total. The van der Waals surface area contributed by atoms with Crippen LogP contribution in [0.4, 0.5) is 0 Å². The van der Waals surface area contributed by atoms with Crippen molar-refractivity contribution in [3.63, 3.8) is 0 Å². The Bertz CT molecular complexity index is 570. The third-order valence-corrected chi connectivity index (χ3v) is 6.01. The molecule has 8 heteroatoms. The Kier molecular flexibility index (Phi) is 4.34. The van der Waals surface area contributed by atoms with Crippen molar-refractivity contribution >= 4 is 21.6 Å². The molecule has 6 nitrogen and oxygen atoms in total. The lowest BCUT2D eigenvalue weighted by atomic mass is 9.75. The number of sulfonamides is 1. The van der Waals surface area contributed by atoms with Crippen molar-refractivity contribution in [3.8, 4) is 0 Å². The zero-order valence-electron chi connectivity index (χ0n) is 11.9. The standard InChI is InChI=1S/C12H19ClN4O2S/c1-16(2)12(5-4-6-12)9-17(3)20(18,19)10-7-14-11(13)15-8-10/h7-8H,4-6,9H2,1-3H3. The largest absolute Gasteiger partial charge is 0.302 e. The molecule has 0 spiro atoms. The summed E-state index contributed by atoms with van der Waals surface area (Å²) in [6.45, 7) is 0.463. The van der Waals surface area contributed by atoms with Gasteiger partial charge in [0.15, 0.2) is 0 Å². The molecule has 0 aliphatic heterocycles. The molecule has 2 rings (SSSR count). The maximum absolute atomic E-state index is 12.5. The number of aromatic nitrogens is 2. The van der Waals surface area contributed by atoms with E-state index in [-0.39, 0.29) is 15.7 Å². The maximum atomic E-state index is 12.5. The third kappa shape index (κ3) is 2.81. The first-order chi connectivity index (χ1) is 9.28. The van der Waals surface area contributed by atoms with Gasteiger partial charge < -0.3 is 4.90 Å². The van der Waals surface area contributed by atoms with Crippen LogP contribution in [-0.4, -0.2) is 60.8 Å². The lowest BCUT2D eigenvalue weighted by molar-refractivity contribution is 0.0455. The van der Waals surface area contributed by atoms with Gasteiger partial charge in [-0.25, -0.2) is 18.4 Å². The smallest absolute Gasteiger partial charge is 0.245 e. The molecule has 0 saturated heterocycles. The Morgan fingerprint density at radius 2 is 1.80 bits per heavy atom. The molecule has 0 amide bonds. The van der Waals surface area contributed by atoms with E-state index in [9.17, 15) is 8.42 Å². The fraction of sp³-hybridized carbons (Fsp3) is 0.667. The predicted octanol–water partition coefficient (Wildman–Crippen LogP) is 1.23. The van der Waals surface area contributed by atoms with Crippen LogP contribution in [0.25, 0.3) is 0 Å². The summed E-state index contributed by atoms with van der Waals surface area (Å²) in [6, 6.07) is 0. The van der Waals surface area contributed by atoms with Crippen LogP contribution >= 0.6 is 11.6 Å². The van der Waals surface area contributed by atoms with Crippen LogP contribution in [0.1, 0.15) is 19.3 Å². The molecule has 0 bridgehead atoms. The van der Waals surface area contributed by atoms with Gasteiger partial charge in [0.1, 0.15) is 4.90 Å². The molecule has 1 aromatic rings. The molecule has 1 heterocycles. The van der Waals surface area contributed by atoms with Gasteiger partial charge in [0, 0.05) is 19.1 Å². The Balaban J connectivity index is 2.19. The number of halogens is 1. The lowest BCUT2D eigenvalue weighted by Crippen LogP contribution is -2.57. The second kappa shape index (κ2) is 5.55. The Hall–Kier alpha value is -0.760. The first kappa shape index (κ1) is 15.6. The number of hydrogen-bond acceptors (Lipinski definition) is 5. The van der Waals surface area contributed by atoms with Gasteiger partial charge in [-0.15, -0.1) is 0 Å². The molecule has 0 radical (unpaired) electrons. The molecule has 1 aliphatic carbocycles. The molecule has 20 heavy (non-hydrogen) atoms. The van der Waals surface area contributed by atoms with E-state index in [4.69, 9.17) is 11.6 Å². The maximum Gasteiger partial charge on any atom is 0.245 e. The quantitative estimate of drug-likeness (QED) is 0.764. The second-order valence-electron chi connectivity index (χ2n) is 5.42. The van der Waals surface area contributed by atoms with Crippen LogP contribution in [0.3, 0.4) is 0 Å². The Morgan fingerprint density at radius 1 is 1.25 bits per heavy atom. The highest BCUT2D eigenvalue weighted by atomic mass is 35.5. The summed E-state index contributed by atoms with van der Waals surface area (Å²) in [5, 5.41) is 0.0374. The molecule has 1 fully saturated rings. The molecule has 0 unspecified atom stereocenters. The number of rotatable bonds is 5. The molecule has 0 aromatic carbocycles. The monoisotopic (exact) mass is 318 g/mol. The molecule has 1 aliphatic rings. The van der Waals surface area contributed by atoms with Crippen molar-refractivity contribution in [2.24, 2.45) is 0 Å².